The molecule has 0 saturated carbocycles. The van der Waals surface area contributed by atoms with Crippen LogP contribution in [-0.2, 0) is 14.8 Å². The van der Waals surface area contributed by atoms with Gasteiger partial charge >= 0.3 is 0 Å². The summed E-state index contributed by atoms with van der Waals surface area (Å²) < 4.78 is 32.8. The van der Waals surface area contributed by atoms with E-state index in [-0.39, 0.29) is 23.1 Å². The summed E-state index contributed by atoms with van der Waals surface area (Å²) in [5, 5.41) is 10.6. The average Bonchev–Trinajstić information content (AvgIpc) is 3.18. The maximum absolute atomic E-state index is 13.2. The van der Waals surface area contributed by atoms with Gasteiger partial charge in [-0.25, -0.2) is 4.98 Å². The predicted octanol–water partition coefficient (Wildman–Crippen LogP) is 0.409. The molecule has 2 aliphatic heterocycles. The zero-order valence-corrected chi connectivity index (χ0v) is 16.1. The fraction of sp³-hybridized carbons (Fsp3) is 0.278. The quantitative estimate of drug-likeness (QED) is 0.633. The van der Waals surface area contributed by atoms with E-state index in [0.717, 1.165) is 30.3 Å². The summed E-state index contributed by atoms with van der Waals surface area (Å²) in [5.41, 5.74) is 0.706. The zero-order chi connectivity index (χ0) is 20.0. The Morgan fingerprint density at radius 3 is 2.76 bits per heavy atom. The summed E-state index contributed by atoms with van der Waals surface area (Å²) in [6.45, 7) is 3.14. The topological polar surface area (TPSA) is 118 Å². The molecule has 0 atom stereocenters. The molecule has 0 bridgehead atoms. The van der Waals surface area contributed by atoms with Crippen molar-refractivity contribution in [3.63, 3.8) is 0 Å². The molecule has 0 aliphatic carbocycles. The van der Waals surface area contributed by atoms with Crippen LogP contribution in [-0.4, -0.2) is 61.3 Å². The van der Waals surface area contributed by atoms with Crippen molar-refractivity contribution in [2.75, 3.05) is 43.0 Å². The molecule has 10 nitrogen and oxygen atoms in total. The highest BCUT2D eigenvalue weighted by atomic mass is 32.2. The van der Waals surface area contributed by atoms with E-state index < -0.39 is 10.0 Å². The summed E-state index contributed by atoms with van der Waals surface area (Å²) in [4.78, 5) is 18.1. The highest BCUT2D eigenvalue weighted by Crippen LogP contribution is 2.31. The van der Waals surface area contributed by atoms with E-state index >= 15 is 0 Å². The fourth-order valence-electron chi connectivity index (χ4n) is 3.43. The Bertz CT molecular complexity index is 1220. The first-order chi connectivity index (χ1) is 14.0. The lowest BCUT2D eigenvalue weighted by Gasteiger charge is -2.28. The van der Waals surface area contributed by atoms with E-state index in [9.17, 15) is 13.2 Å². The number of nitrogens with zero attached hydrogens (tertiary/aromatic N) is 4. The van der Waals surface area contributed by atoms with Crippen LogP contribution in [0.1, 0.15) is 0 Å². The molecule has 0 unspecified atom stereocenters. The number of carbonyl (C=O) groups is 1. The van der Waals surface area contributed by atoms with Crippen molar-refractivity contribution in [2.24, 2.45) is 0 Å². The number of fused-ring (bicyclic) bond motifs is 2. The Morgan fingerprint density at radius 2 is 1.93 bits per heavy atom. The Balaban J connectivity index is 1.56. The number of pyridine rings is 1. The molecule has 0 radical (unpaired) electrons. The van der Waals surface area contributed by atoms with Crippen LogP contribution >= 0.6 is 0 Å². The first-order valence-corrected chi connectivity index (χ1v) is 10.6. The van der Waals surface area contributed by atoms with Crippen LogP contribution in [0.15, 0.2) is 41.4 Å². The molecule has 5 rings (SSSR count). The molecule has 3 aromatic rings. The minimum atomic E-state index is -4.00. The first-order valence-electron chi connectivity index (χ1n) is 9.15. The molecule has 150 valence electrons. The van der Waals surface area contributed by atoms with Crippen LogP contribution in [0.2, 0.25) is 0 Å². The molecular weight excluding hydrogens is 396 g/mol. The Kier molecular flexibility index (Phi) is 4.14. The SMILES string of the molecule is O=C1COc2cc(S(=O)(=O)n3ncc4ccc(N5CCNCC5)nc43)ccc2N1. The van der Waals surface area contributed by atoms with Crippen molar-refractivity contribution in [3.05, 3.63) is 36.5 Å². The summed E-state index contributed by atoms with van der Waals surface area (Å²) in [6, 6.07) is 8.01. The summed E-state index contributed by atoms with van der Waals surface area (Å²) >= 11 is 0. The molecule has 2 N–H and O–H groups in total. The minimum Gasteiger partial charge on any atom is -0.482 e. The molecule has 2 aliphatic rings. The minimum absolute atomic E-state index is 0.00627. The van der Waals surface area contributed by atoms with Crippen molar-refractivity contribution in [1.29, 1.82) is 0 Å². The molecule has 0 spiro atoms. The molecule has 11 heteroatoms. The number of nitrogens with one attached hydrogen (secondary N) is 2. The van der Waals surface area contributed by atoms with Crippen LogP contribution in [0.5, 0.6) is 5.75 Å². The van der Waals surface area contributed by atoms with Gasteiger partial charge in [0.2, 0.25) is 0 Å². The molecule has 4 heterocycles. The van der Waals surface area contributed by atoms with Gasteiger partial charge in [0.15, 0.2) is 12.3 Å². The third-order valence-corrected chi connectivity index (χ3v) is 6.50. The monoisotopic (exact) mass is 414 g/mol. The molecule has 1 fully saturated rings. The number of ether oxygens (including phenoxy) is 1. The normalized spacial score (nSPS) is 17.0. The van der Waals surface area contributed by atoms with Crippen molar-refractivity contribution in [1.82, 2.24) is 19.5 Å². The highest BCUT2D eigenvalue weighted by Gasteiger charge is 2.25. The van der Waals surface area contributed by atoms with Gasteiger partial charge in [0.05, 0.1) is 16.8 Å². The molecule has 1 aromatic carbocycles. The van der Waals surface area contributed by atoms with Gasteiger partial charge in [0.25, 0.3) is 15.9 Å². The van der Waals surface area contributed by atoms with Gasteiger partial charge in [-0.05, 0) is 24.3 Å². The Labute approximate surface area is 166 Å². The van der Waals surface area contributed by atoms with E-state index in [4.69, 9.17) is 4.74 Å². The summed E-state index contributed by atoms with van der Waals surface area (Å²) in [6.07, 6.45) is 1.48. The van der Waals surface area contributed by atoms with Crippen molar-refractivity contribution >= 4 is 38.5 Å². The average molecular weight is 414 g/mol. The van der Waals surface area contributed by atoms with Crippen LogP contribution in [0.4, 0.5) is 11.5 Å². The van der Waals surface area contributed by atoms with Crippen LogP contribution in [0, 0.1) is 0 Å². The third kappa shape index (κ3) is 3.08. The second kappa shape index (κ2) is 6.71. The van der Waals surface area contributed by atoms with Crippen molar-refractivity contribution in [2.45, 2.75) is 4.90 Å². The lowest BCUT2D eigenvalue weighted by Crippen LogP contribution is -2.43. The molecular formula is C18H18N6O4S. The highest BCUT2D eigenvalue weighted by molar-refractivity contribution is 7.90. The van der Waals surface area contributed by atoms with Gasteiger partial charge in [-0.15, -0.1) is 4.09 Å². The summed E-state index contributed by atoms with van der Waals surface area (Å²) in [5.74, 6) is 0.736. The number of rotatable bonds is 3. The van der Waals surface area contributed by atoms with Gasteiger partial charge in [-0.2, -0.15) is 13.5 Å². The van der Waals surface area contributed by atoms with Gasteiger partial charge in [-0.3, -0.25) is 4.79 Å². The number of piperazine rings is 1. The van der Waals surface area contributed by atoms with Crippen LogP contribution in [0.25, 0.3) is 11.0 Å². The number of anilines is 2. The molecule has 29 heavy (non-hydrogen) atoms. The predicted molar refractivity (Wildman–Crippen MR) is 106 cm³/mol. The van der Waals surface area contributed by atoms with E-state index in [2.05, 4.69) is 25.6 Å². The third-order valence-electron chi connectivity index (χ3n) is 4.93. The smallest absolute Gasteiger partial charge is 0.285 e. The van der Waals surface area contributed by atoms with E-state index in [1.165, 1.54) is 24.4 Å². The van der Waals surface area contributed by atoms with Crippen molar-refractivity contribution < 1.29 is 17.9 Å². The van der Waals surface area contributed by atoms with Crippen LogP contribution < -0.4 is 20.3 Å². The number of hydrogen-bond donors (Lipinski definition) is 2. The number of benzene rings is 1. The second-order valence-electron chi connectivity index (χ2n) is 6.81. The first kappa shape index (κ1) is 17.9. The molecule has 2 aromatic heterocycles. The maximum atomic E-state index is 13.2. The lowest BCUT2D eigenvalue weighted by molar-refractivity contribution is -0.118. The van der Waals surface area contributed by atoms with Gasteiger partial charge in [-0.1, -0.05) is 0 Å². The number of carbonyl (C=O) groups excluding carboxylic acids is 1. The fourth-order valence-corrected chi connectivity index (χ4v) is 4.67. The number of aromatic nitrogens is 3. The number of hydrogen-bond acceptors (Lipinski definition) is 8. The van der Waals surface area contributed by atoms with Crippen molar-refractivity contribution in [3.8, 4) is 5.75 Å². The summed E-state index contributed by atoms with van der Waals surface area (Å²) in [7, 11) is -4.00. The zero-order valence-electron chi connectivity index (χ0n) is 15.3. The van der Waals surface area contributed by atoms with E-state index in [0.29, 0.717) is 22.6 Å². The van der Waals surface area contributed by atoms with E-state index in [1.54, 1.807) is 0 Å². The Morgan fingerprint density at radius 1 is 1.10 bits per heavy atom. The van der Waals surface area contributed by atoms with Gasteiger partial charge < -0.3 is 20.3 Å². The Hall–Kier alpha value is -3.18. The largest absolute Gasteiger partial charge is 0.482 e. The van der Waals surface area contributed by atoms with Gasteiger partial charge in [0, 0.05) is 37.6 Å². The molecule has 1 amide bonds. The molecule has 1 saturated heterocycles. The maximum Gasteiger partial charge on any atom is 0.285 e. The van der Waals surface area contributed by atoms with E-state index in [1.807, 2.05) is 12.1 Å². The number of amides is 1. The second-order valence-corrected chi connectivity index (χ2v) is 8.57. The standard InChI is InChI=1S/C18H18N6O4S/c25-17-11-28-15-9-13(2-3-14(15)21-17)29(26,27)24-18-12(10-20-24)1-4-16(22-18)23-7-5-19-6-8-23/h1-4,9-10,19H,5-8,11H2,(H,21,25). The lowest BCUT2D eigenvalue weighted by atomic mass is 10.2. The van der Waals surface area contributed by atoms with Gasteiger partial charge in [0.1, 0.15) is 11.6 Å². The van der Waals surface area contributed by atoms with Crippen LogP contribution in [0.3, 0.4) is 0 Å².